The number of hydrogen-bond acceptors (Lipinski definition) is 3. The van der Waals surface area contributed by atoms with Crippen LogP contribution >= 0.6 is 0 Å². The van der Waals surface area contributed by atoms with Gasteiger partial charge in [-0.15, -0.1) is 0 Å². The molecule has 2 rings (SSSR count). The van der Waals surface area contributed by atoms with Gasteiger partial charge < -0.3 is 0 Å². The third kappa shape index (κ3) is 3.13. The Labute approximate surface area is 117 Å². The number of benzene rings is 1. The number of hydrogen-bond donors (Lipinski definition) is 0. The topological polar surface area (TPSA) is 66.9 Å². The Balaban J connectivity index is 2.28. The van der Waals surface area contributed by atoms with Crippen LogP contribution in [0.25, 0.3) is 0 Å². The molecule has 0 amide bonds. The maximum atomic E-state index is 13.5. The normalized spacial score (nSPS) is 25.9. The molecule has 0 spiro atoms. The van der Waals surface area contributed by atoms with E-state index in [1.165, 1.54) is 12.1 Å². The van der Waals surface area contributed by atoms with Crippen molar-refractivity contribution >= 4 is 5.69 Å². The average Bonchev–Trinajstić information content (AvgIpc) is 2.38. The fraction of sp³-hybridized carbons (Fsp3) is 0.533. The van der Waals surface area contributed by atoms with E-state index in [4.69, 9.17) is 0 Å². The highest BCUT2D eigenvalue weighted by atomic mass is 19.1. The molecule has 1 fully saturated rings. The van der Waals surface area contributed by atoms with E-state index >= 15 is 0 Å². The van der Waals surface area contributed by atoms with E-state index in [0.717, 1.165) is 31.7 Å². The van der Waals surface area contributed by atoms with Gasteiger partial charge in [0.1, 0.15) is 5.82 Å². The predicted octanol–water partition coefficient (Wildman–Crippen LogP) is 4.00. The molecule has 0 aromatic heterocycles. The summed E-state index contributed by atoms with van der Waals surface area (Å²) in [5, 5.41) is 20.3. The summed E-state index contributed by atoms with van der Waals surface area (Å²) in [5.74, 6) is -0.155. The van der Waals surface area contributed by atoms with Crippen LogP contribution < -0.4 is 0 Å². The molecule has 1 aliphatic rings. The van der Waals surface area contributed by atoms with Gasteiger partial charge in [-0.3, -0.25) is 10.1 Å². The second kappa shape index (κ2) is 5.58. The predicted molar refractivity (Wildman–Crippen MR) is 72.4 cm³/mol. The van der Waals surface area contributed by atoms with Crippen LogP contribution in [0.4, 0.5) is 10.1 Å². The molecule has 106 valence electrons. The van der Waals surface area contributed by atoms with Crippen LogP contribution in [0, 0.1) is 38.6 Å². The summed E-state index contributed by atoms with van der Waals surface area (Å²) in [6.07, 6.45) is 4.01. The first-order valence-corrected chi connectivity index (χ1v) is 6.79. The van der Waals surface area contributed by atoms with E-state index in [0.29, 0.717) is 17.9 Å². The monoisotopic (exact) mass is 276 g/mol. The Hall–Kier alpha value is -1.96. The number of nitro benzene ring substituents is 1. The van der Waals surface area contributed by atoms with Crippen LogP contribution in [0.1, 0.15) is 38.2 Å². The van der Waals surface area contributed by atoms with E-state index in [9.17, 15) is 19.8 Å². The number of non-ortho nitro benzene ring substituents is 1. The first-order chi connectivity index (χ1) is 9.44. The molecule has 4 nitrogen and oxygen atoms in total. The van der Waals surface area contributed by atoms with E-state index in [-0.39, 0.29) is 5.69 Å². The smallest absolute Gasteiger partial charge is 0.258 e. The molecule has 0 N–H and O–H groups in total. The summed E-state index contributed by atoms with van der Waals surface area (Å²) in [5.41, 5.74) is -0.233. The van der Waals surface area contributed by atoms with Gasteiger partial charge in [0.2, 0.25) is 0 Å². The molecule has 1 aromatic rings. The first-order valence-electron chi connectivity index (χ1n) is 6.79. The lowest BCUT2D eigenvalue weighted by molar-refractivity contribution is -0.385. The Morgan fingerprint density at radius 1 is 1.55 bits per heavy atom. The minimum absolute atomic E-state index is 0.253. The Morgan fingerprint density at radius 3 is 2.90 bits per heavy atom. The summed E-state index contributed by atoms with van der Waals surface area (Å²) in [7, 11) is 0. The van der Waals surface area contributed by atoms with Crippen LogP contribution in [0.5, 0.6) is 0 Å². The van der Waals surface area contributed by atoms with E-state index < -0.39 is 16.2 Å². The van der Waals surface area contributed by atoms with Gasteiger partial charge >= 0.3 is 0 Å². The van der Waals surface area contributed by atoms with Crippen molar-refractivity contribution in [2.75, 3.05) is 0 Å². The molecule has 2 atom stereocenters. The Bertz CT molecular complexity index is 567. The Kier molecular flexibility index (Phi) is 4.03. The molecule has 0 heterocycles. The van der Waals surface area contributed by atoms with Gasteiger partial charge in [-0.2, -0.15) is 5.26 Å². The summed E-state index contributed by atoms with van der Waals surface area (Å²) in [4.78, 5) is 10.2. The molecule has 5 heteroatoms. The largest absolute Gasteiger partial charge is 0.272 e. The quantitative estimate of drug-likeness (QED) is 0.619. The second-order valence-electron chi connectivity index (χ2n) is 5.85. The molecule has 1 aromatic carbocycles. The van der Waals surface area contributed by atoms with Crippen molar-refractivity contribution in [2.45, 2.75) is 39.0 Å². The highest BCUT2D eigenvalue weighted by Gasteiger charge is 2.35. The first kappa shape index (κ1) is 14.4. The third-order valence-electron chi connectivity index (χ3n) is 4.02. The number of nitriles is 1. The van der Waals surface area contributed by atoms with Crippen LogP contribution in [0.3, 0.4) is 0 Å². The van der Waals surface area contributed by atoms with Crippen molar-refractivity contribution < 1.29 is 9.31 Å². The summed E-state index contributed by atoms with van der Waals surface area (Å²) < 4.78 is 13.5. The van der Waals surface area contributed by atoms with Gasteiger partial charge in [0.25, 0.3) is 5.69 Å². The average molecular weight is 276 g/mol. The number of halogens is 1. The molecular weight excluding hydrogens is 259 g/mol. The van der Waals surface area contributed by atoms with Crippen LogP contribution in [-0.4, -0.2) is 4.92 Å². The van der Waals surface area contributed by atoms with Crippen molar-refractivity contribution in [3.05, 3.63) is 39.7 Å². The fourth-order valence-electron chi connectivity index (χ4n) is 3.19. The van der Waals surface area contributed by atoms with Gasteiger partial charge in [-0.1, -0.05) is 19.8 Å². The highest BCUT2D eigenvalue weighted by molar-refractivity contribution is 5.36. The SMILES string of the molecule is CC1CCCC(C#N)(Cc2cc(F)cc([N+](=O)[O-])c2)C1. The van der Waals surface area contributed by atoms with E-state index in [2.05, 4.69) is 13.0 Å². The van der Waals surface area contributed by atoms with Crippen LogP contribution in [0.15, 0.2) is 18.2 Å². The van der Waals surface area contributed by atoms with Crippen molar-refractivity contribution in [1.82, 2.24) is 0 Å². The van der Waals surface area contributed by atoms with Gasteiger partial charge in [0.15, 0.2) is 0 Å². The van der Waals surface area contributed by atoms with Crippen molar-refractivity contribution in [3.63, 3.8) is 0 Å². The zero-order chi connectivity index (χ0) is 14.8. The summed E-state index contributed by atoms with van der Waals surface area (Å²) in [6, 6.07) is 5.95. The lowest BCUT2D eigenvalue weighted by Gasteiger charge is -2.34. The molecule has 0 saturated heterocycles. The molecule has 1 aliphatic carbocycles. The summed E-state index contributed by atoms with van der Waals surface area (Å²) >= 11 is 0. The molecule has 0 aliphatic heterocycles. The van der Waals surface area contributed by atoms with Crippen molar-refractivity contribution in [1.29, 1.82) is 5.26 Å². The minimum Gasteiger partial charge on any atom is -0.258 e. The summed E-state index contributed by atoms with van der Waals surface area (Å²) in [6.45, 7) is 2.11. The minimum atomic E-state index is -0.619. The fourth-order valence-corrected chi connectivity index (χ4v) is 3.19. The Morgan fingerprint density at radius 2 is 2.30 bits per heavy atom. The van der Waals surface area contributed by atoms with E-state index in [1.54, 1.807) is 0 Å². The number of nitrogens with zero attached hydrogens (tertiary/aromatic N) is 2. The molecule has 0 bridgehead atoms. The zero-order valence-electron chi connectivity index (χ0n) is 11.4. The maximum absolute atomic E-state index is 13.5. The van der Waals surface area contributed by atoms with Gasteiger partial charge in [0, 0.05) is 6.07 Å². The molecule has 2 unspecified atom stereocenters. The van der Waals surface area contributed by atoms with Gasteiger partial charge in [-0.05, 0) is 36.8 Å². The van der Waals surface area contributed by atoms with E-state index in [1.807, 2.05) is 0 Å². The maximum Gasteiger partial charge on any atom is 0.272 e. The van der Waals surface area contributed by atoms with Crippen molar-refractivity contribution in [2.24, 2.45) is 11.3 Å². The molecule has 1 saturated carbocycles. The lowest BCUT2D eigenvalue weighted by Crippen LogP contribution is -2.28. The van der Waals surface area contributed by atoms with Crippen LogP contribution in [-0.2, 0) is 6.42 Å². The van der Waals surface area contributed by atoms with Gasteiger partial charge in [0.05, 0.1) is 22.5 Å². The van der Waals surface area contributed by atoms with Crippen molar-refractivity contribution in [3.8, 4) is 6.07 Å². The third-order valence-corrected chi connectivity index (χ3v) is 4.02. The molecule has 20 heavy (non-hydrogen) atoms. The lowest BCUT2D eigenvalue weighted by atomic mass is 9.68. The number of rotatable bonds is 3. The highest BCUT2D eigenvalue weighted by Crippen LogP contribution is 2.41. The zero-order valence-corrected chi connectivity index (χ0v) is 11.4. The second-order valence-corrected chi connectivity index (χ2v) is 5.85. The molecule has 0 radical (unpaired) electrons. The van der Waals surface area contributed by atoms with Crippen LogP contribution in [0.2, 0.25) is 0 Å². The van der Waals surface area contributed by atoms with Gasteiger partial charge in [-0.25, -0.2) is 4.39 Å². The number of nitro groups is 1. The standard InChI is InChI=1S/C15H17FN2O2/c1-11-3-2-4-15(8-11,10-17)9-12-5-13(16)7-14(6-12)18(19)20/h5-7,11H,2-4,8-9H2,1H3. The molecular formula is C15H17FN2O2.